The molecule has 222 valence electrons. The van der Waals surface area contributed by atoms with Crippen LogP contribution < -0.4 is 4.74 Å². The molecule has 4 rings (SSSR count). The molecule has 0 aromatic heterocycles. The Balaban J connectivity index is 0.000000228. The molecule has 3 aromatic rings. The minimum atomic E-state index is -1.75. The summed E-state index contributed by atoms with van der Waals surface area (Å²) in [4.78, 5) is 14.4. The van der Waals surface area contributed by atoms with Crippen LogP contribution in [0.1, 0.15) is 80.2 Å². The minimum absolute atomic E-state index is 0.0861. The van der Waals surface area contributed by atoms with Crippen molar-refractivity contribution < 1.29 is 27.1 Å². The molecule has 0 aliphatic carbocycles. The summed E-state index contributed by atoms with van der Waals surface area (Å²) >= 11 is 0. The number of halogens is 4. The van der Waals surface area contributed by atoms with Crippen LogP contribution in [0.15, 0.2) is 60.7 Å². The van der Waals surface area contributed by atoms with Gasteiger partial charge in [0.25, 0.3) is 0 Å². The van der Waals surface area contributed by atoms with Gasteiger partial charge in [-0.3, -0.25) is 9.69 Å². The second-order valence-corrected chi connectivity index (χ2v) is 12.7. The van der Waals surface area contributed by atoms with Crippen molar-refractivity contribution in [1.82, 2.24) is 4.90 Å². The Labute approximate surface area is 241 Å². The third-order valence-corrected chi connectivity index (χ3v) is 6.91. The van der Waals surface area contributed by atoms with Crippen molar-refractivity contribution in [3.63, 3.8) is 0 Å². The Morgan fingerprint density at radius 1 is 0.902 bits per heavy atom. The molecule has 1 atom stereocenters. The van der Waals surface area contributed by atoms with Gasteiger partial charge in [0, 0.05) is 38.9 Å². The number of likely N-dealkylation sites (tertiary alicyclic amines) is 1. The Bertz CT molecular complexity index is 1350. The van der Waals surface area contributed by atoms with Gasteiger partial charge in [0.2, 0.25) is 5.85 Å². The average Bonchev–Trinajstić information content (AvgIpc) is 2.80. The number of carbonyl (C=O) groups is 1. The van der Waals surface area contributed by atoms with E-state index in [4.69, 9.17) is 4.74 Å². The number of ether oxygens (including phenoxy) is 1. The van der Waals surface area contributed by atoms with Crippen LogP contribution in [0.25, 0.3) is 0 Å². The van der Waals surface area contributed by atoms with Gasteiger partial charge in [0.05, 0.1) is 6.04 Å². The molecule has 0 saturated carbocycles. The summed E-state index contributed by atoms with van der Waals surface area (Å²) in [5, 5.41) is 0. The monoisotopic (exact) mass is 571 g/mol. The van der Waals surface area contributed by atoms with Gasteiger partial charge in [0.15, 0.2) is 5.78 Å². The second kappa shape index (κ2) is 12.4. The molecule has 0 amide bonds. The zero-order valence-corrected chi connectivity index (χ0v) is 25.2. The molecule has 0 N–H and O–H groups in total. The van der Waals surface area contributed by atoms with E-state index in [1.54, 1.807) is 64.1 Å². The summed E-state index contributed by atoms with van der Waals surface area (Å²) in [5.74, 6) is -2.02. The first kappa shape index (κ1) is 32.3. The van der Waals surface area contributed by atoms with Crippen LogP contribution >= 0.6 is 0 Å². The number of hydrogen-bond acceptors (Lipinski definition) is 3. The molecule has 1 aliphatic heterocycles. The Hall–Kier alpha value is -3.19. The Morgan fingerprint density at radius 3 is 2.00 bits per heavy atom. The van der Waals surface area contributed by atoms with Crippen molar-refractivity contribution in [3.05, 3.63) is 100 Å². The van der Waals surface area contributed by atoms with Gasteiger partial charge < -0.3 is 4.74 Å². The molecule has 1 unspecified atom stereocenters. The van der Waals surface area contributed by atoms with E-state index >= 15 is 0 Å². The van der Waals surface area contributed by atoms with Crippen LogP contribution in [0, 0.1) is 30.9 Å². The largest absolute Gasteiger partial charge is 0.459 e. The van der Waals surface area contributed by atoms with Gasteiger partial charge in [-0.05, 0) is 91.8 Å². The van der Waals surface area contributed by atoms with E-state index in [0.29, 0.717) is 22.4 Å². The van der Waals surface area contributed by atoms with Gasteiger partial charge in [-0.25, -0.2) is 13.2 Å². The molecule has 1 heterocycles. The highest BCUT2D eigenvalue weighted by molar-refractivity contribution is 5.98. The predicted molar refractivity (Wildman–Crippen MR) is 156 cm³/mol. The van der Waals surface area contributed by atoms with Crippen molar-refractivity contribution in [2.75, 3.05) is 13.1 Å². The molecule has 3 nitrogen and oxygen atoms in total. The van der Waals surface area contributed by atoms with Crippen molar-refractivity contribution in [1.29, 1.82) is 0 Å². The molecular weight excluding hydrogens is 530 g/mol. The lowest BCUT2D eigenvalue weighted by atomic mass is 9.79. The van der Waals surface area contributed by atoms with E-state index in [9.17, 15) is 22.4 Å². The van der Waals surface area contributed by atoms with E-state index in [-0.39, 0.29) is 35.3 Å². The first-order chi connectivity index (χ1) is 18.8. The molecule has 0 bridgehead atoms. The van der Waals surface area contributed by atoms with Crippen LogP contribution in [-0.4, -0.2) is 35.3 Å². The molecule has 1 saturated heterocycles. The number of carbonyl (C=O) groups excluding carboxylic acids is 1. The number of hydrogen-bond donors (Lipinski definition) is 0. The van der Waals surface area contributed by atoms with Crippen molar-refractivity contribution >= 4 is 5.78 Å². The number of rotatable bonds is 8. The number of ketones is 1. The van der Waals surface area contributed by atoms with Gasteiger partial charge in [-0.1, -0.05) is 38.1 Å². The van der Waals surface area contributed by atoms with E-state index in [0.717, 1.165) is 24.2 Å². The topological polar surface area (TPSA) is 29.5 Å². The van der Waals surface area contributed by atoms with Crippen molar-refractivity contribution in [2.45, 2.75) is 79.4 Å². The maximum Gasteiger partial charge on any atom is 0.242 e. The Kier molecular flexibility index (Phi) is 9.74. The van der Waals surface area contributed by atoms with E-state index < -0.39 is 11.5 Å². The van der Waals surface area contributed by atoms with Crippen molar-refractivity contribution in [2.24, 2.45) is 5.41 Å². The van der Waals surface area contributed by atoms with Crippen LogP contribution in [0.3, 0.4) is 0 Å². The van der Waals surface area contributed by atoms with Crippen LogP contribution in [-0.2, 0) is 6.42 Å². The SMILES string of the molecule is Cc1cc(C(N2CC(C)(C)C2)C(C)(C)F)ccc1F.Cc1cc(F)ccc1C(=O)Cc1ccc(OC(C)(C)F)cc1. The average molecular weight is 572 g/mol. The minimum Gasteiger partial charge on any atom is -0.459 e. The highest BCUT2D eigenvalue weighted by Gasteiger charge is 2.45. The molecule has 1 aliphatic rings. The number of Topliss-reactive ketones (excluding diaryl/α,β-unsaturated/α-hetero) is 1. The maximum absolute atomic E-state index is 14.6. The summed E-state index contributed by atoms with van der Waals surface area (Å²) in [5.41, 5.74) is 2.25. The maximum atomic E-state index is 14.6. The van der Waals surface area contributed by atoms with Crippen molar-refractivity contribution in [3.8, 4) is 5.75 Å². The summed E-state index contributed by atoms with van der Waals surface area (Å²) in [6.45, 7) is 15.4. The summed E-state index contributed by atoms with van der Waals surface area (Å²) < 4.78 is 59.5. The predicted octanol–water partition coefficient (Wildman–Crippen LogP) is 8.91. The normalized spacial score (nSPS) is 15.8. The third kappa shape index (κ3) is 9.15. The fourth-order valence-corrected chi connectivity index (χ4v) is 5.29. The number of alkyl halides is 2. The Morgan fingerprint density at radius 2 is 1.51 bits per heavy atom. The van der Waals surface area contributed by atoms with Gasteiger partial charge in [-0.15, -0.1) is 0 Å². The lowest BCUT2D eigenvalue weighted by molar-refractivity contribution is -0.0590. The summed E-state index contributed by atoms with van der Waals surface area (Å²) in [6, 6.07) is 15.4. The molecule has 1 fully saturated rings. The molecule has 7 heteroatoms. The molecule has 41 heavy (non-hydrogen) atoms. The number of nitrogens with zero attached hydrogens (tertiary/aromatic N) is 1. The van der Waals surface area contributed by atoms with Gasteiger partial charge in [0.1, 0.15) is 23.1 Å². The lowest BCUT2D eigenvalue weighted by Gasteiger charge is -2.52. The smallest absolute Gasteiger partial charge is 0.242 e. The molecule has 0 spiro atoms. The number of benzene rings is 3. The third-order valence-electron chi connectivity index (χ3n) is 6.91. The molecule has 0 radical (unpaired) electrons. The van der Waals surface area contributed by atoms with Crippen LogP contribution in [0.2, 0.25) is 0 Å². The van der Waals surface area contributed by atoms with Crippen LogP contribution in [0.5, 0.6) is 5.75 Å². The van der Waals surface area contributed by atoms with Gasteiger partial charge >= 0.3 is 0 Å². The first-order valence-corrected chi connectivity index (χ1v) is 13.8. The quantitative estimate of drug-likeness (QED) is 0.200. The molecule has 3 aromatic carbocycles. The lowest BCUT2D eigenvalue weighted by Crippen LogP contribution is -2.57. The molecular formula is C34H41F4NO2. The fourth-order valence-electron chi connectivity index (χ4n) is 5.29. The van der Waals surface area contributed by atoms with Crippen LogP contribution in [0.4, 0.5) is 17.6 Å². The summed E-state index contributed by atoms with van der Waals surface area (Å²) in [6.07, 6.45) is 0.200. The zero-order chi connectivity index (χ0) is 30.8. The first-order valence-electron chi connectivity index (χ1n) is 13.8. The highest BCUT2D eigenvalue weighted by Crippen LogP contribution is 2.43. The summed E-state index contributed by atoms with van der Waals surface area (Å²) in [7, 11) is 0. The van der Waals surface area contributed by atoms with E-state index in [1.807, 2.05) is 0 Å². The standard InChI is InChI=1S/C18H18F2O2.C16H23F2N/c1-12-10-14(19)6-9-16(12)17(21)11-13-4-7-15(8-5-13)22-18(2,3)20;1-11-8-12(6-7-13(11)17)14(16(4,5)18)19-9-15(2,3)10-19/h4-10H,11H2,1-3H3;6-8,14H,9-10H2,1-5H3. The van der Waals surface area contributed by atoms with E-state index in [1.165, 1.54) is 38.1 Å². The van der Waals surface area contributed by atoms with E-state index in [2.05, 4.69) is 18.7 Å². The number of aryl methyl sites for hydroxylation is 2. The fraction of sp³-hybridized carbons (Fsp3) is 0.441. The highest BCUT2D eigenvalue weighted by atomic mass is 19.2. The zero-order valence-electron chi connectivity index (χ0n) is 25.2. The second-order valence-electron chi connectivity index (χ2n) is 12.7. The van der Waals surface area contributed by atoms with Gasteiger partial charge in [-0.2, -0.15) is 4.39 Å².